The van der Waals surface area contributed by atoms with Gasteiger partial charge < -0.3 is 14.2 Å². The minimum Gasteiger partial charge on any atom is -0.490 e. The van der Waals surface area contributed by atoms with Gasteiger partial charge in [-0.2, -0.15) is 10.5 Å². The molecule has 0 aliphatic heterocycles. The van der Waals surface area contributed by atoms with Gasteiger partial charge in [0.15, 0.2) is 17.3 Å². The highest BCUT2D eigenvalue weighted by Crippen LogP contribution is 2.32. The number of rotatable bonds is 11. The molecule has 0 radical (unpaired) electrons. The SMILES string of the molecule is CCOC(=O)c1sc(CC(=O)/C(C#N)=C/c2ccc(OCc3c(C)cc(C)cc3C)c(OCC)c2)c(C#N)c1C. The van der Waals surface area contributed by atoms with Crippen LogP contribution in [0, 0.1) is 50.4 Å². The molecule has 2 aromatic carbocycles. The smallest absolute Gasteiger partial charge is 0.348 e. The normalized spacial score (nSPS) is 10.9. The van der Waals surface area contributed by atoms with Crippen LogP contribution in [-0.4, -0.2) is 25.0 Å². The molecule has 3 rings (SSSR count). The lowest BCUT2D eigenvalue weighted by molar-refractivity contribution is -0.114. The van der Waals surface area contributed by atoms with Crippen molar-refractivity contribution in [3.05, 3.63) is 84.6 Å². The van der Waals surface area contributed by atoms with Crippen LogP contribution in [0.3, 0.4) is 0 Å². The predicted octanol–water partition coefficient (Wildman–Crippen LogP) is 6.73. The summed E-state index contributed by atoms with van der Waals surface area (Å²) in [7, 11) is 0. The fourth-order valence-corrected chi connectivity index (χ4v) is 5.56. The quantitative estimate of drug-likeness (QED) is 0.146. The summed E-state index contributed by atoms with van der Waals surface area (Å²) in [5.41, 5.74) is 5.88. The topological polar surface area (TPSA) is 109 Å². The molecule has 1 heterocycles. The highest BCUT2D eigenvalue weighted by atomic mass is 32.1. The summed E-state index contributed by atoms with van der Waals surface area (Å²) in [6.45, 7) is 12.4. The summed E-state index contributed by atoms with van der Waals surface area (Å²) in [5, 5.41) is 19.4. The molecular weight excluding hydrogens is 524 g/mol. The van der Waals surface area contributed by atoms with Gasteiger partial charge in [-0.25, -0.2) is 4.79 Å². The first kappa shape index (κ1) is 30.1. The second-order valence-corrected chi connectivity index (χ2v) is 10.4. The number of hydrogen-bond acceptors (Lipinski definition) is 8. The first-order valence-corrected chi connectivity index (χ1v) is 13.8. The van der Waals surface area contributed by atoms with Crippen LogP contribution in [0.25, 0.3) is 6.08 Å². The van der Waals surface area contributed by atoms with Crippen LogP contribution in [-0.2, 0) is 22.6 Å². The van der Waals surface area contributed by atoms with Crippen LogP contribution < -0.4 is 9.47 Å². The molecule has 0 fully saturated rings. The van der Waals surface area contributed by atoms with Crippen LogP contribution in [0.15, 0.2) is 35.9 Å². The van der Waals surface area contributed by atoms with Gasteiger partial charge in [-0.1, -0.05) is 23.8 Å². The van der Waals surface area contributed by atoms with Gasteiger partial charge in [-0.05, 0) is 87.6 Å². The van der Waals surface area contributed by atoms with Crippen molar-refractivity contribution in [1.82, 2.24) is 0 Å². The maximum Gasteiger partial charge on any atom is 0.348 e. The molecule has 0 N–H and O–H groups in total. The number of nitrogens with zero attached hydrogens (tertiary/aromatic N) is 2. The summed E-state index contributed by atoms with van der Waals surface area (Å²) < 4.78 is 17.0. The summed E-state index contributed by atoms with van der Waals surface area (Å²) in [6.07, 6.45) is 1.31. The Hall–Kier alpha value is -4.40. The van der Waals surface area contributed by atoms with Crippen LogP contribution in [0.4, 0.5) is 0 Å². The molecule has 0 bridgehead atoms. The number of ether oxygens (including phenoxy) is 3. The molecule has 8 heteroatoms. The van der Waals surface area contributed by atoms with E-state index in [2.05, 4.69) is 39.0 Å². The Kier molecular flexibility index (Phi) is 10.2. The van der Waals surface area contributed by atoms with E-state index in [1.54, 1.807) is 32.0 Å². The number of esters is 1. The lowest BCUT2D eigenvalue weighted by Crippen LogP contribution is -2.05. The number of ketones is 1. The van der Waals surface area contributed by atoms with Crippen LogP contribution in [0.1, 0.15) is 67.3 Å². The second kappa shape index (κ2) is 13.6. The molecule has 0 atom stereocenters. The van der Waals surface area contributed by atoms with Gasteiger partial charge >= 0.3 is 5.97 Å². The molecule has 1 aromatic heterocycles. The van der Waals surface area contributed by atoms with E-state index in [1.165, 1.54) is 11.6 Å². The highest BCUT2D eigenvalue weighted by molar-refractivity contribution is 7.14. The fraction of sp³-hybridized carbons (Fsp3) is 0.312. The number of nitriles is 2. The van der Waals surface area contributed by atoms with E-state index in [0.29, 0.717) is 40.7 Å². The molecule has 0 saturated carbocycles. The highest BCUT2D eigenvalue weighted by Gasteiger charge is 2.23. The zero-order chi connectivity index (χ0) is 29.4. The maximum atomic E-state index is 13.1. The standard InChI is InChI=1S/C32H32N2O5S/c1-7-37-29-14-23(9-10-28(29)39-18-26-20(4)11-19(3)12-21(26)5)13-24(16-33)27(35)15-30-25(17-34)22(6)31(40-30)32(36)38-8-2/h9-14H,7-8,15,18H2,1-6H3/b24-13+. The van der Waals surface area contributed by atoms with Gasteiger partial charge in [0.1, 0.15) is 23.6 Å². The van der Waals surface area contributed by atoms with Gasteiger partial charge in [-0.3, -0.25) is 4.79 Å². The van der Waals surface area contributed by atoms with E-state index in [0.717, 1.165) is 28.0 Å². The molecule has 3 aromatic rings. The number of benzene rings is 2. The number of thiophene rings is 1. The zero-order valence-corrected chi connectivity index (χ0v) is 24.5. The van der Waals surface area contributed by atoms with E-state index in [9.17, 15) is 20.1 Å². The maximum absolute atomic E-state index is 13.1. The third-order valence-electron chi connectivity index (χ3n) is 6.33. The summed E-state index contributed by atoms with van der Waals surface area (Å²) in [4.78, 5) is 26.1. The largest absolute Gasteiger partial charge is 0.490 e. The van der Waals surface area contributed by atoms with Gasteiger partial charge in [0, 0.05) is 11.3 Å². The van der Waals surface area contributed by atoms with Crippen LogP contribution in [0.5, 0.6) is 11.5 Å². The van der Waals surface area contributed by atoms with Crippen molar-refractivity contribution < 1.29 is 23.8 Å². The monoisotopic (exact) mass is 556 g/mol. The minimum atomic E-state index is -0.533. The number of carbonyl (C=O) groups is 2. The lowest BCUT2D eigenvalue weighted by atomic mass is 10.0. The molecule has 0 aliphatic rings. The van der Waals surface area contributed by atoms with E-state index >= 15 is 0 Å². The van der Waals surface area contributed by atoms with Crippen molar-refractivity contribution in [2.75, 3.05) is 13.2 Å². The number of hydrogen-bond donors (Lipinski definition) is 0. The Morgan fingerprint density at radius 2 is 1.65 bits per heavy atom. The van der Waals surface area contributed by atoms with Gasteiger partial charge in [-0.15, -0.1) is 11.3 Å². The number of Topliss-reactive ketones (excluding diaryl/α,β-unsaturated/α-hetero) is 1. The number of allylic oxidation sites excluding steroid dienone is 1. The molecule has 0 aliphatic carbocycles. The number of aryl methyl sites for hydroxylation is 3. The van der Waals surface area contributed by atoms with Crippen molar-refractivity contribution in [3.63, 3.8) is 0 Å². The third-order valence-corrected chi connectivity index (χ3v) is 7.60. The van der Waals surface area contributed by atoms with Crippen molar-refractivity contribution >= 4 is 29.2 Å². The Labute approximate surface area is 239 Å². The Morgan fingerprint density at radius 1 is 0.950 bits per heavy atom. The molecule has 206 valence electrons. The van der Waals surface area contributed by atoms with E-state index in [-0.39, 0.29) is 29.0 Å². The van der Waals surface area contributed by atoms with Crippen LogP contribution >= 0.6 is 11.3 Å². The molecule has 0 spiro atoms. The minimum absolute atomic E-state index is 0.0744. The molecule has 7 nitrogen and oxygen atoms in total. The van der Waals surface area contributed by atoms with Gasteiger partial charge in [0.05, 0.1) is 24.4 Å². The second-order valence-electron chi connectivity index (χ2n) is 9.26. The van der Waals surface area contributed by atoms with Crippen molar-refractivity contribution in [3.8, 4) is 23.6 Å². The lowest BCUT2D eigenvalue weighted by Gasteiger charge is -2.16. The van der Waals surface area contributed by atoms with Crippen molar-refractivity contribution in [2.24, 2.45) is 0 Å². The molecule has 0 unspecified atom stereocenters. The van der Waals surface area contributed by atoms with Crippen molar-refractivity contribution in [2.45, 2.75) is 54.6 Å². The van der Waals surface area contributed by atoms with Gasteiger partial charge in [0.2, 0.25) is 0 Å². The average Bonchev–Trinajstić information content (AvgIpc) is 3.22. The summed E-state index contributed by atoms with van der Waals surface area (Å²) in [6, 6.07) is 13.5. The molecule has 40 heavy (non-hydrogen) atoms. The molecular formula is C32H32N2O5S. The van der Waals surface area contributed by atoms with Crippen molar-refractivity contribution in [1.29, 1.82) is 10.5 Å². The predicted molar refractivity (Wildman–Crippen MR) is 155 cm³/mol. The molecule has 0 saturated heterocycles. The van der Waals surface area contributed by atoms with E-state index < -0.39 is 11.8 Å². The Bertz CT molecular complexity index is 1530. The van der Waals surface area contributed by atoms with E-state index in [1.807, 2.05) is 13.0 Å². The van der Waals surface area contributed by atoms with Crippen LogP contribution in [0.2, 0.25) is 0 Å². The Balaban J connectivity index is 1.85. The summed E-state index contributed by atoms with van der Waals surface area (Å²) in [5.74, 6) is 0.0690. The number of carbonyl (C=O) groups excluding carboxylic acids is 2. The summed E-state index contributed by atoms with van der Waals surface area (Å²) >= 11 is 1.05. The third kappa shape index (κ3) is 6.97. The average molecular weight is 557 g/mol. The first-order valence-electron chi connectivity index (χ1n) is 12.9. The zero-order valence-electron chi connectivity index (χ0n) is 23.6. The van der Waals surface area contributed by atoms with E-state index in [4.69, 9.17) is 14.2 Å². The fourth-order valence-electron chi connectivity index (χ4n) is 4.41. The first-order chi connectivity index (χ1) is 19.1. The van der Waals surface area contributed by atoms with Gasteiger partial charge in [0.25, 0.3) is 0 Å². The molecule has 0 amide bonds. The Morgan fingerprint density at radius 3 is 2.25 bits per heavy atom.